The monoisotopic (exact) mass is 458 g/mol. The zero-order valence-electron chi connectivity index (χ0n) is 16.0. The van der Waals surface area contributed by atoms with Crippen molar-refractivity contribution >= 4 is 45.8 Å². The molecule has 152 valence electrons. The summed E-state index contributed by atoms with van der Waals surface area (Å²) in [7, 11) is 0. The number of rotatable bonds is 5. The lowest BCUT2D eigenvalue weighted by Crippen LogP contribution is -2.11. The maximum absolute atomic E-state index is 13.4. The van der Waals surface area contributed by atoms with Gasteiger partial charge in [0.05, 0.1) is 5.39 Å². The van der Waals surface area contributed by atoms with E-state index in [1.54, 1.807) is 42.5 Å². The molecule has 0 aliphatic carbocycles. The molecule has 4 rings (SSSR count). The molecule has 1 heterocycles. The third-order valence-corrected chi connectivity index (χ3v) is 5.81. The van der Waals surface area contributed by atoms with Crippen molar-refractivity contribution in [3.63, 3.8) is 0 Å². The van der Waals surface area contributed by atoms with E-state index in [1.165, 1.54) is 0 Å². The number of aryl methyl sites for hydroxylation is 1. The van der Waals surface area contributed by atoms with Gasteiger partial charge in [0.1, 0.15) is 12.2 Å². The van der Waals surface area contributed by atoms with Crippen molar-refractivity contribution in [2.75, 3.05) is 0 Å². The highest BCUT2D eigenvalue weighted by molar-refractivity contribution is 6.36. The van der Waals surface area contributed by atoms with Crippen LogP contribution < -0.4 is 10.2 Å². The minimum Gasteiger partial charge on any atom is -0.481 e. The number of fused-ring (bicyclic) bond motifs is 1. The molecule has 0 amide bonds. The molecule has 0 saturated heterocycles. The Morgan fingerprint density at radius 2 is 1.63 bits per heavy atom. The van der Waals surface area contributed by atoms with Crippen LogP contribution in [-0.4, -0.2) is 0 Å². The predicted molar refractivity (Wildman–Crippen MR) is 123 cm³/mol. The molecule has 1 aromatic heterocycles. The third-order valence-electron chi connectivity index (χ3n) is 4.85. The van der Waals surface area contributed by atoms with Crippen molar-refractivity contribution in [3.05, 3.63) is 97.1 Å². The summed E-state index contributed by atoms with van der Waals surface area (Å²) in [4.78, 5) is 13.4. The van der Waals surface area contributed by atoms with E-state index in [0.29, 0.717) is 42.9 Å². The Morgan fingerprint density at radius 1 is 0.933 bits per heavy atom. The SMILES string of the molecule is CCc1ccc2oc(-c3ccc(Cl)cc3)c(OCc3c(Cl)cccc3Cl)c(=O)c2c1. The Labute approximate surface area is 188 Å². The van der Waals surface area contributed by atoms with Gasteiger partial charge in [-0.05, 0) is 60.5 Å². The summed E-state index contributed by atoms with van der Waals surface area (Å²) in [6.07, 6.45) is 0.805. The first-order valence-electron chi connectivity index (χ1n) is 9.39. The maximum atomic E-state index is 13.4. The molecular formula is C24H17Cl3O3. The second-order valence-corrected chi connectivity index (χ2v) is 8.02. The van der Waals surface area contributed by atoms with E-state index >= 15 is 0 Å². The van der Waals surface area contributed by atoms with Crippen LogP contribution in [0.15, 0.2) is 69.9 Å². The van der Waals surface area contributed by atoms with Crippen LogP contribution in [0.1, 0.15) is 18.1 Å². The van der Waals surface area contributed by atoms with Gasteiger partial charge >= 0.3 is 0 Å². The van der Waals surface area contributed by atoms with Crippen molar-refractivity contribution < 1.29 is 9.15 Å². The van der Waals surface area contributed by atoms with E-state index in [4.69, 9.17) is 44.0 Å². The van der Waals surface area contributed by atoms with Crippen molar-refractivity contribution in [1.29, 1.82) is 0 Å². The molecule has 30 heavy (non-hydrogen) atoms. The van der Waals surface area contributed by atoms with Crippen LogP contribution >= 0.6 is 34.8 Å². The summed E-state index contributed by atoms with van der Waals surface area (Å²) < 4.78 is 12.1. The normalized spacial score (nSPS) is 11.1. The summed E-state index contributed by atoms with van der Waals surface area (Å²) in [5, 5.41) is 1.98. The topological polar surface area (TPSA) is 39.4 Å². The number of ether oxygens (including phenoxy) is 1. The fourth-order valence-corrected chi connectivity index (χ4v) is 3.81. The van der Waals surface area contributed by atoms with E-state index < -0.39 is 0 Å². The van der Waals surface area contributed by atoms with Crippen molar-refractivity contribution in [1.82, 2.24) is 0 Å². The van der Waals surface area contributed by atoms with Crippen LogP contribution in [0.4, 0.5) is 0 Å². The highest BCUT2D eigenvalue weighted by atomic mass is 35.5. The Morgan fingerprint density at radius 3 is 2.30 bits per heavy atom. The molecule has 3 aromatic carbocycles. The lowest BCUT2D eigenvalue weighted by molar-refractivity contribution is 0.298. The Hall–Kier alpha value is -2.46. The average molecular weight is 460 g/mol. The molecule has 6 heteroatoms. The molecule has 0 spiro atoms. The minimum absolute atomic E-state index is 0.0306. The quantitative estimate of drug-likeness (QED) is 0.309. The molecule has 0 aliphatic heterocycles. The van der Waals surface area contributed by atoms with Crippen molar-refractivity contribution in [3.8, 4) is 17.1 Å². The summed E-state index contributed by atoms with van der Waals surface area (Å²) >= 11 is 18.5. The maximum Gasteiger partial charge on any atom is 0.235 e. The van der Waals surface area contributed by atoms with Gasteiger partial charge in [-0.25, -0.2) is 0 Å². The first kappa shape index (κ1) is 20.8. The van der Waals surface area contributed by atoms with Gasteiger partial charge in [-0.15, -0.1) is 0 Å². The molecular weight excluding hydrogens is 443 g/mol. The molecule has 0 fully saturated rings. The summed E-state index contributed by atoms with van der Waals surface area (Å²) in [6.45, 7) is 2.06. The van der Waals surface area contributed by atoms with E-state index in [-0.39, 0.29) is 17.8 Å². The van der Waals surface area contributed by atoms with Crippen LogP contribution in [0.2, 0.25) is 15.1 Å². The van der Waals surface area contributed by atoms with Gasteiger partial charge < -0.3 is 9.15 Å². The molecule has 0 bridgehead atoms. The number of halogens is 3. The first-order valence-corrected chi connectivity index (χ1v) is 10.5. The minimum atomic E-state index is -0.250. The smallest absolute Gasteiger partial charge is 0.235 e. The fraction of sp³-hybridized carbons (Fsp3) is 0.125. The van der Waals surface area contributed by atoms with Crippen molar-refractivity contribution in [2.45, 2.75) is 20.0 Å². The fourth-order valence-electron chi connectivity index (χ4n) is 3.18. The van der Waals surface area contributed by atoms with Crippen LogP contribution in [0.25, 0.3) is 22.3 Å². The molecule has 0 unspecified atom stereocenters. The predicted octanol–water partition coefficient (Wildman–Crippen LogP) is 7.56. The molecule has 3 nitrogen and oxygen atoms in total. The highest BCUT2D eigenvalue weighted by Crippen LogP contribution is 2.33. The van der Waals surface area contributed by atoms with Gasteiger partial charge in [0.25, 0.3) is 0 Å². The van der Waals surface area contributed by atoms with E-state index in [2.05, 4.69) is 0 Å². The molecule has 0 aliphatic rings. The van der Waals surface area contributed by atoms with Gasteiger partial charge in [0, 0.05) is 26.2 Å². The summed E-state index contributed by atoms with van der Waals surface area (Å²) in [5.74, 6) is 0.436. The van der Waals surface area contributed by atoms with Gasteiger partial charge in [-0.1, -0.05) is 53.9 Å². The lowest BCUT2D eigenvalue weighted by Gasteiger charge is -2.13. The third kappa shape index (κ3) is 4.06. The second kappa shape index (κ2) is 8.73. The van der Waals surface area contributed by atoms with Crippen LogP contribution in [0.5, 0.6) is 5.75 Å². The van der Waals surface area contributed by atoms with E-state index in [0.717, 1.165) is 12.0 Å². The second-order valence-electron chi connectivity index (χ2n) is 6.77. The van der Waals surface area contributed by atoms with Crippen LogP contribution in [-0.2, 0) is 13.0 Å². The summed E-state index contributed by atoms with van der Waals surface area (Å²) in [5.41, 5.74) is 2.56. The average Bonchev–Trinajstić information content (AvgIpc) is 2.75. The largest absolute Gasteiger partial charge is 0.481 e. The lowest BCUT2D eigenvalue weighted by atomic mass is 10.1. The zero-order valence-corrected chi connectivity index (χ0v) is 18.3. The highest BCUT2D eigenvalue weighted by Gasteiger charge is 2.19. The zero-order chi connectivity index (χ0) is 21.3. The van der Waals surface area contributed by atoms with Gasteiger partial charge in [0.2, 0.25) is 11.2 Å². The number of benzene rings is 3. The van der Waals surface area contributed by atoms with Crippen LogP contribution in [0.3, 0.4) is 0 Å². The Kier molecular flexibility index (Phi) is 6.05. The van der Waals surface area contributed by atoms with Gasteiger partial charge in [0.15, 0.2) is 5.76 Å². The van der Waals surface area contributed by atoms with Gasteiger partial charge in [-0.3, -0.25) is 4.79 Å². The van der Waals surface area contributed by atoms with E-state index in [9.17, 15) is 4.79 Å². The molecule has 0 saturated carbocycles. The molecule has 4 aromatic rings. The summed E-state index contributed by atoms with van der Waals surface area (Å²) in [6, 6.07) is 17.8. The molecule has 0 N–H and O–H groups in total. The molecule has 0 radical (unpaired) electrons. The first-order chi connectivity index (χ1) is 14.5. The van der Waals surface area contributed by atoms with Crippen LogP contribution in [0, 0.1) is 0 Å². The van der Waals surface area contributed by atoms with E-state index in [1.807, 2.05) is 25.1 Å². The van der Waals surface area contributed by atoms with Crippen molar-refractivity contribution in [2.24, 2.45) is 0 Å². The standard InChI is InChI=1S/C24H17Cl3O3/c1-2-14-6-11-21-17(12-14)22(28)24(23(30-21)15-7-9-16(25)10-8-15)29-13-18-19(26)4-3-5-20(18)27/h3-12H,2,13H2,1H3. The van der Waals surface area contributed by atoms with Gasteiger partial charge in [-0.2, -0.15) is 0 Å². The molecule has 0 atom stereocenters. The Bertz CT molecular complexity index is 1260. The number of hydrogen-bond donors (Lipinski definition) is 0. The number of hydrogen-bond acceptors (Lipinski definition) is 3. The Balaban J connectivity index is 1.88.